The largest absolute Gasteiger partial charge is 0.295 e. The lowest BCUT2D eigenvalue weighted by molar-refractivity contribution is -0.553. The minimum absolute atomic E-state index is 0.0352. The van der Waals surface area contributed by atoms with Gasteiger partial charge in [0.25, 0.3) is 11.6 Å². The van der Waals surface area contributed by atoms with Crippen molar-refractivity contribution in [2.75, 3.05) is 7.05 Å². The summed E-state index contributed by atoms with van der Waals surface area (Å²) in [6.07, 6.45) is 2.66. The number of carbonyl (C=O) groups excluding carboxylic acids is 2. The summed E-state index contributed by atoms with van der Waals surface area (Å²) in [7, 11) is 1.36. The highest BCUT2D eigenvalue weighted by atomic mass is 16.6. The zero-order chi connectivity index (χ0) is 14.6. The average molecular weight is 265 g/mol. The van der Waals surface area contributed by atoms with Gasteiger partial charge >= 0.3 is 0 Å². The van der Waals surface area contributed by atoms with E-state index in [1.165, 1.54) is 13.1 Å². The molecule has 2 amide bonds. The summed E-state index contributed by atoms with van der Waals surface area (Å²) in [5, 5.41) is 11.0. The molecule has 0 aromatic heterocycles. The topological polar surface area (TPSA) is 107 Å². The molecule has 1 unspecified atom stereocenters. The first-order valence-electron chi connectivity index (χ1n) is 5.81. The molecule has 0 saturated carbocycles. The van der Waals surface area contributed by atoms with E-state index in [2.05, 4.69) is 0 Å². The van der Waals surface area contributed by atoms with Crippen LogP contribution in [0.3, 0.4) is 0 Å². The Bertz CT molecular complexity index is 561. The van der Waals surface area contributed by atoms with Crippen LogP contribution in [-0.2, 0) is 9.59 Å². The zero-order valence-corrected chi connectivity index (χ0v) is 11.0. The van der Waals surface area contributed by atoms with Crippen molar-refractivity contribution in [3.63, 3.8) is 0 Å². The Balaban J connectivity index is 2.59. The smallest absolute Gasteiger partial charge is 0.281 e. The second-order valence-corrected chi connectivity index (χ2v) is 5.42. The number of imide groups is 1. The van der Waals surface area contributed by atoms with Gasteiger partial charge < -0.3 is 0 Å². The van der Waals surface area contributed by atoms with E-state index in [4.69, 9.17) is 5.73 Å². The predicted molar refractivity (Wildman–Crippen MR) is 66.3 cm³/mol. The molecule has 0 aromatic rings. The van der Waals surface area contributed by atoms with Gasteiger partial charge in [0.1, 0.15) is 0 Å². The van der Waals surface area contributed by atoms with E-state index in [1.807, 2.05) is 0 Å². The average Bonchev–Trinajstić information content (AvgIpc) is 2.34. The third kappa shape index (κ3) is 1.69. The van der Waals surface area contributed by atoms with Gasteiger partial charge in [-0.15, -0.1) is 0 Å². The number of rotatable bonds is 1. The summed E-state index contributed by atoms with van der Waals surface area (Å²) in [6, 6.07) is 0. The molecule has 0 radical (unpaired) electrons. The van der Waals surface area contributed by atoms with Gasteiger partial charge in [0.05, 0.1) is 11.8 Å². The Morgan fingerprint density at radius 2 is 2.00 bits per heavy atom. The number of nitrogens with two attached hydrogens (primary N) is 1. The van der Waals surface area contributed by atoms with E-state index in [0.717, 1.165) is 11.0 Å². The Morgan fingerprint density at radius 1 is 1.42 bits per heavy atom. The van der Waals surface area contributed by atoms with Crippen molar-refractivity contribution in [1.29, 1.82) is 0 Å². The van der Waals surface area contributed by atoms with Crippen molar-refractivity contribution >= 4 is 11.8 Å². The number of likely N-dealkylation sites (N-methyl/N-ethyl adjacent to an activating group) is 1. The normalized spacial score (nSPS) is 29.6. The second kappa shape index (κ2) is 3.74. The zero-order valence-electron chi connectivity index (χ0n) is 11.0. The van der Waals surface area contributed by atoms with Crippen LogP contribution >= 0.6 is 0 Å². The second-order valence-electron chi connectivity index (χ2n) is 5.42. The maximum absolute atomic E-state index is 12.1. The maximum atomic E-state index is 12.1. The third-order valence-electron chi connectivity index (χ3n) is 3.71. The summed E-state index contributed by atoms with van der Waals surface area (Å²) >= 11 is 0. The fourth-order valence-electron chi connectivity index (χ4n) is 2.47. The Hall–Kier alpha value is -2.02. The Labute approximate surface area is 109 Å². The number of nitro groups is 1. The standard InChI is InChI=1S/C12H15N3O4/c1-11(2)8-4-5-12(13,15(18)19)6-7(8)9(16)14(3)10(11)17/h4,6H,5,13H2,1-3H3. The summed E-state index contributed by atoms with van der Waals surface area (Å²) in [6.45, 7) is 3.38. The van der Waals surface area contributed by atoms with Gasteiger partial charge in [-0.25, -0.2) is 0 Å². The number of hydrogen-bond acceptors (Lipinski definition) is 5. The van der Waals surface area contributed by atoms with E-state index in [1.54, 1.807) is 13.8 Å². The fraction of sp³-hybridized carbons (Fsp3) is 0.500. The molecule has 1 saturated heterocycles. The van der Waals surface area contributed by atoms with Crippen LogP contribution in [0.1, 0.15) is 20.3 Å². The molecule has 102 valence electrons. The van der Waals surface area contributed by atoms with Crippen molar-refractivity contribution in [2.24, 2.45) is 11.1 Å². The molecule has 1 heterocycles. The van der Waals surface area contributed by atoms with Crippen LogP contribution < -0.4 is 5.73 Å². The highest BCUT2D eigenvalue weighted by Gasteiger charge is 2.50. The molecule has 2 N–H and O–H groups in total. The Morgan fingerprint density at radius 3 is 2.53 bits per heavy atom. The van der Waals surface area contributed by atoms with Crippen molar-refractivity contribution in [2.45, 2.75) is 25.9 Å². The van der Waals surface area contributed by atoms with Crippen LogP contribution in [0, 0.1) is 15.5 Å². The lowest BCUT2D eigenvalue weighted by Gasteiger charge is -2.39. The quantitative estimate of drug-likeness (QED) is 0.315. The van der Waals surface area contributed by atoms with Crippen LogP contribution in [0.25, 0.3) is 0 Å². The molecule has 7 heteroatoms. The van der Waals surface area contributed by atoms with E-state index >= 15 is 0 Å². The molecular weight excluding hydrogens is 250 g/mol. The third-order valence-corrected chi connectivity index (χ3v) is 3.71. The van der Waals surface area contributed by atoms with Crippen molar-refractivity contribution in [3.8, 4) is 0 Å². The van der Waals surface area contributed by atoms with Gasteiger partial charge in [-0.05, 0) is 19.4 Å². The van der Waals surface area contributed by atoms with Gasteiger partial charge in [-0.3, -0.25) is 30.3 Å². The molecular formula is C12H15N3O4. The molecule has 0 bridgehead atoms. The highest BCUT2D eigenvalue weighted by Crippen LogP contribution is 2.42. The maximum Gasteiger partial charge on any atom is 0.295 e. The van der Waals surface area contributed by atoms with E-state index < -0.39 is 21.9 Å². The van der Waals surface area contributed by atoms with Gasteiger partial charge in [0, 0.05) is 23.6 Å². The lowest BCUT2D eigenvalue weighted by atomic mass is 9.72. The number of fused-ring (bicyclic) bond motifs is 1. The first kappa shape index (κ1) is 13.4. The first-order valence-corrected chi connectivity index (χ1v) is 5.81. The fourth-order valence-corrected chi connectivity index (χ4v) is 2.47. The molecule has 7 nitrogen and oxygen atoms in total. The van der Waals surface area contributed by atoms with Gasteiger partial charge in [-0.2, -0.15) is 0 Å². The molecule has 19 heavy (non-hydrogen) atoms. The molecule has 1 atom stereocenters. The summed E-state index contributed by atoms with van der Waals surface area (Å²) in [5.41, 5.74) is 3.66. The minimum atomic E-state index is -1.79. The number of likely N-dealkylation sites (tertiary alicyclic amines) is 1. The molecule has 0 spiro atoms. The van der Waals surface area contributed by atoms with E-state index in [9.17, 15) is 19.7 Å². The van der Waals surface area contributed by atoms with Gasteiger partial charge in [0.15, 0.2) is 0 Å². The predicted octanol–water partition coefficient (Wildman–Crippen LogP) is 0.199. The van der Waals surface area contributed by atoms with Gasteiger partial charge in [-0.1, -0.05) is 6.08 Å². The molecule has 2 rings (SSSR count). The number of piperidine rings is 1. The summed E-state index contributed by atoms with van der Waals surface area (Å²) in [4.78, 5) is 35.5. The van der Waals surface area contributed by atoms with Crippen LogP contribution in [-0.4, -0.2) is 34.3 Å². The van der Waals surface area contributed by atoms with E-state index in [0.29, 0.717) is 5.57 Å². The first-order chi connectivity index (χ1) is 8.61. The highest BCUT2D eigenvalue weighted by molar-refractivity contribution is 6.14. The summed E-state index contributed by atoms with van der Waals surface area (Å²) in [5.74, 6) is -0.876. The van der Waals surface area contributed by atoms with E-state index in [-0.39, 0.29) is 17.9 Å². The number of carbonyl (C=O) groups is 2. The SMILES string of the molecule is CN1C(=O)C2=CC(N)([N+](=O)[O-])CC=C2C(C)(C)C1=O. The molecule has 1 fully saturated rings. The summed E-state index contributed by atoms with van der Waals surface area (Å²) < 4.78 is 0. The van der Waals surface area contributed by atoms with Gasteiger partial charge in [0.2, 0.25) is 5.91 Å². The minimum Gasteiger partial charge on any atom is -0.281 e. The van der Waals surface area contributed by atoms with Crippen molar-refractivity contribution in [1.82, 2.24) is 4.90 Å². The molecule has 1 aliphatic carbocycles. The number of nitrogens with zero attached hydrogens (tertiary/aromatic N) is 2. The van der Waals surface area contributed by atoms with Crippen LogP contribution in [0.15, 0.2) is 23.3 Å². The van der Waals surface area contributed by atoms with Crippen LogP contribution in [0.2, 0.25) is 0 Å². The van der Waals surface area contributed by atoms with Crippen LogP contribution in [0.4, 0.5) is 0 Å². The van der Waals surface area contributed by atoms with Crippen molar-refractivity contribution < 1.29 is 14.5 Å². The monoisotopic (exact) mass is 265 g/mol. The Kier molecular flexibility index (Phi) is 2.64. The lowest BCUT2D eigenvalue weighted by Crippen LogP contribution is -2.54. The number of hydrogen-bond donors (Lipinski definition) is 1. The van der Waals surface area contributed by atoms with Crippen molar-refractivity contribution in [3.05, 3.63) is 33.4 Å². The molecule has 2 aliphatic rings. The molecule has 0 aromatic carbocycles. The van der Waals surface area contributed by atoms with Crippen LogP contribution in [0.5, 0.6) is 0 Å². The number of amides is 2. The molecule has 1 aliphatic heterocycles.